The lowest BCUT2D eigenvalue weighted by Gasteiger charge is -2.24. The SMILES string of the molecule is Cc1ccc(CN(CCc2ccccc2)C(=O)CN2C(=O)C(=O)N(C)C2=O)s1. The van der Waals surface area contributed by atoms with Gasteiger partial charge in [0.1, 0.15) is 6.54 Å². The molecule has 1 aromatic carbocycles. The third kappa shape index (κ3) is 4.28. The molecule has 0 spiro atoms. The lowest BCUT2D eigenvalue weighted by Crippen LogP contribution is -2.43. The van der Waals surface area contributed by atoms with Crippen molar-refractivity contribution in [3.8, 4) is 0 Å². The van der Waals surface area contributed by atoms with Gasteiger partial charge in [-0.2, -0.15) is 0 Å². The lowest BCUT2D eigenvalue weighted by molar-refractivity contribution is -0.144. The maximum absolute atomic E-state index is 12.9. The summed E-state index contributed by atoms with van der Waals surface area (Å²) in [7, 11) is 1.23. The summed E-state index contributed by atoms with van der Waals surface area (Å²) in [5.74, 6) is -2.25. The minimum atomic E-state index is -0.962. The first-order valence-corrected chi connectivity index (χ1v) is 9.69. The van der Waals surface area contributed by atoms with Gasteiger partial charge in [-0.3, -0.25) is 19.3 Å². The Bertz CT molecular complexity index is 909. The number of rotatable bonds is 7. The molecule has 1 fully saturated rings. The van der Waals surface area contributed by atoms with E-state index < -0.39 is 24.4 Å². The molecular weight excluding hydrogens is 378 g/mol. The zero-order chi connectivity index (χ0) is 20.3. The number of amides is 5. The van der Waals surface area contributed by atoms with Gasteiger partial charge in [-0.15, -0.1) is 11.3 Å². The van der Waals surface area contributed by atoms with Crippen LogP contribution >= 0.6 is 11.3 Å². The molecule has 1 aromatic heterocycles. The van der Waals surface area contributed by atoms with E-state index in [9.17, 15) is 19.2 Å². The highest BCUT2D eigenvalue weighted by atomic mass is 32.1. The second-order valence-electron chi connectivity index (χ2n) is 6.60. The van der Waals surface area contributed by atoms with Crippen molar-refractivity contribution in [2.75, 3.05) is 20.1 Å². The van der Waals surface area contributed by atoms with Crippen LogP contribution in [0.2, 0.25) is 0 Å². The average molecular weight is 399 g/mol. The molecule has 0 N–H and O–H groups in total. The van der Waals surface area contributed by atoms with Crippen LogP contribution in [-0.4, -0.2) is 58.6 Å². The largest absolute Gasteiger partial charge is 0.336 e. The molecular formula is C20H21N3O4S. The Morgan fingerprint density at radius 1 is 1.04 bits per heavy atom. The summed E-state index contributed by atoms with van der Waals surface area (Å²) < 4.78 is 0. The van der Waals surface area contributed by atoms with Crippen LogP contribution in [0.3, 0.4) is 0 Å². The summed E-state index contributed by atoms with van der Waals surface area (Å²) >= 11 is 1.60. The summed E-state index contributed by atoms with van der Waals surface area (Å²) in [5, 5.41) is 0. The molecule has 7 nitrogen and oxygen atoms in total. The lowest BCUT2D eigenvalue weighted by atomic mass is 10.1. The topological polar surface area (TPSA) is 78.0 Å². The van der Waals surface area contributed by atoms with Crippen molar-refractivity contribution in [3.05, 3.63) is 57.8 Å². The van der Waals surface area contributed by atoms with E-state index in [4.69, 9.17) is 0 Å². The smallest absolute Gasteiger partial charge is 0.334 e. The predicted molar refractivity (Wildman–Crippen MR) is 104 cm³/mol. The van der Waals surface area contributed by atoms with Crippen molar-refractivity contribution < 1.29 is 19.2 Å². The van der Waals surface area contributed by atoms with Gasteiger partial charge in [-0.05, 0) is 31.0 Å². The first-order valence-electron chi connectivity index (χ1n) is 8.87. The molecule has 146 valence electrons. The Hall–Kier alpha value is -3.00. The summed E-state index contributed by atoms with van der Waals surface area (Å²) in [5.41, 5.74) is 1.09. The molecule has 0 saturated carbocycles. The van der Waals surface area contributed by atoms with Gasteiger partial charge in [0.25, 0.3) is 0 Å². The standard InChI is InChI=1S/C20H21N3O4S/c1-14-8-9-16(28-14)12-22(11-10-15-6-4-3-5-7-15)17(24)13-23-19(26)18(25)21(2)20(23)27/h3-9H,10-13H2,1-2H3. The molecule has 0 atom stereocenters. The first kappa shape index (κ1) is 19.8. The summed E-state index contributed by atoms with van der Waals surface area (Å²) in [6, 6.07) is 13.0. The fraction of sp³-hybridized carbons (Fsp3) is 0.300. The molecule has 1 saturated heterocycles. The monoisotopic (exact) mass is 399 g/mol. The fourth-order valence-electron chi connectivity index (χ4n) is 2.95. The maximum atomic E-state index is 12.9. The van der Waals surface area contributed by atoms with E-state index in [2.05, 4.69) is 0 Å². The van der Waals surface area contributed by atoms with Gasteiger partial charge in [0, 0.05) is 23.3 Å². The molecule has 3 rings (SSSR count). The molecule has 1 aliphatic rings. The summed E-state index contributed by atoms with van der Waals surface area (Å²) in [6.45, 7) is 2.39. The van der Waals surface area contributed by atoms with E-state index in [0.29, 0.717) is 24.4 Å². The van der Waals surface area contributed by atoms with Crippen LogP contribution in [-0.2, 0) is 27.3 Å². The molecule has 28 heavy (non-hydrogen) atoms. The Balaban J connectivity index is 1.73. The number of carbonyl (C=O) groups excluding carboxylic acids is 4. The normalized spacial score (nSPS) is 14.1. The maximum Gasteiger partial charge on any atom is 0.334 e. The average Bonchev–Trinajstić information content (AvgIpc) is 3.18. The second kappa shape index (κ2) is 8.35. The summed E-state index contributed by atoms with van der Waals surface area (Å²) in [4.78, 5) is 53.8. The van der Waals surface area contributed by atoms with Crippen molar-refractivity contribution >= 4 is 35.1 Å². The molecule has 2 aromatic rings. The van der Waals surface area contributed by atoms with Gasteiger partial charge in [-0.1, -0.05) is 30.3 Å². The number of aryl methyl sites for hydroxylation is 1. The van der Waals surface area contributed by atoms with Crippen molar-refractivity contribution in [2.24, 2.45) is 0 Å². The fourth-order valence-corrected chi connectivity index (χ4v) is 3.85. The molecule has 2 heterocycles. The highest BCUT2D eigenvalue weighted by Gasteiger charge is 2.43. The number of likely N-dealkylation sites (N-methyl/N-ethyl adjacent to an activating group) is 1. The van der Waals surface area contributed by atoms with Crippen molar-refractivity contribution in [2.45, 2.75) is 19.9 Å². The zero-order valence-corrected chi connectivity index (χ0v) is 16.6. The van der Waals surface area contributed by atoms with Gasteiger partial charge >= 0.3 is 17.8 Å². The molecule has 8 heteroatoms. The third-order valence-electron chi connectivity index (χ3n) is 4.55. The van der Waals surface area contributed by atoms with E-state index in [1.807, 2.05) is 49.4 Å². The van der Waals surface area contributed by atoms with Gasteiger partial charge in [0.15, 0.2) is 0 Å². The number of thiophene rings is 1. The Labute approximate surface area is 167 Å². The van der Waals surface area contributed by atoms with Gasteiger partial charge in [-0.25, -0.2) is 9.69 Å². The zero-order valence-electron chi connectivity index (χ0n) is 15.8. The van der Waals surface area contributed by atoms with Gasteiger partial charge < -0.3 is 4.90 Å². The number of imide groups is 2. The van der Waals surface area contributed by atoms with E-state index >= 15 is 0 Å². The van der Waals surface area contributed by atoms with E-state index in [1.165, 1.54) is 7.05 Å². The molecule has 0 unspecified atom stereocenters. The van der Waals surface area contributed by atoms with E-state index in [1.54, 1.807) is 16.2 Å². The number of nitrogens with zero attached hydrogens (tertiary/aromatic N) is 3. The Morgan fingerprint density at radius 3 is 2.32 bits per heavy atom. The molecule has 1 aliphatic heterocycles. The summed E-state index contributed by atoms with van der Waals surface area (Å²) in [6.07, 6.45) is 0.650. The first-order chi connectivity index (χ1) is 13.4. The van der Waals surface area contributed by atoms with Gasteiger partial charge in [0.2, 0.25) is 5.91 Å². The number of hydrogen-bond donors (Lipinski definition) is 0. The van der Waals surface area contributed by atoms with Crippen LogP contribution in [0.25, 0.3) is 0 Å². The minimum absolute atomic E-state index is 0.369. The molecule has 5 amide bonds. The highest BCUT2D eigenvalue weighted by molar-refractivity contribution is 7.11. The van der Waals surface area contributed by atoms with Crippen LogP contribution in [0, 0.1) is 6.92 Å². The van der Waals surface area contributed by atoms with E-state index in [-0.39, 0.29) is 5.91 Å². The third-order valence-corrected chi connectivity index (χ3v) is 5.54. The quantitative estimate of drug-likeness (QED) is 0.527. The number of carbonyl (C=O) groups is 4. The van der Waals surface area contributed by atoms with Crippen LogP contribution in [0.4, 0.5) is 4.79 Å². The second-order valence-corrected chi connectivity index (χ2v) is 7.97. The van der Waals surface area contributed by atoms with Crippen molar-refractivity contribution in [1.82, 2.24) is 14.7 Å². The van der Waals surface area contributed by atoms with E-state index in [0.717, 1.165) is 20.2 Å². The molecule has 0 bridgehead atoms. The number of hydrogen-bond acceptors (Lipinski definition) is 5. The Kier molecular flexibility index (Phi) is 5.89. The van der Waals surface area contributed by atoms with Crippen LogP contribution in [0.1, 0.15) is 15.3 Å². The Morgan fingerprint density at radius 2 is 1.75 bits per heavy atom. The van der Waals surface area contributed by atoms with Gasteiger partial charge in [0.05, 0.1) is 6.54 Å². The van der Waals surface area contributed by atoms with Crippen LogP contribution in [0.15, 0.2) is 42.5 Å². The predicted octanol–water partition coefficient (Wildman–Crippen LogP) is 2.05. The van der Waals surface area contributed by atoms with Crippen molar-refractivity contribution in [3.63, 3.8) is 0 Å². The number of benzene rings is 1. The number of urea groups is 1. The van der Waals surface area contributed by atoms with Crippen LogP contribution in [0.5, 0.6) is 0 Å². The highest BCUT2D eigenvalue weighted by Crippen LogP contribution is 2.18. The minimum Gasteiger partial charge on any atom is -0.336 e. The molecule has 0 radical (unpaired) electrons. The van der Waals surface area contributed by atoms with Crippen molar-refractivity contribution in [1.29, 1.82) is 0 Å². The van der Waals surface area contributed by atoms with Crippen LogP contribution < -0.4 is 0 Å². The molecule has 0 aliphatic carbocycles.